The van der Waals surface area contributed by atoms with Crippen LogP contribution in [0.3, 0.4) is 0 Å². The van der Waals surface area contributed by atoms with Crippen molar-refractivity contribution >= 4 is 5.91 Å². The number of hydrogen-bond donors (Lipinski definition) is 1. The number of hydrogen-bond acceptors (Lipinski definition) is 3. The third-order valence-electron chi connectivity index (χ3n) is 4.30. The number of likely N-dealkylation sites (tertiary alicyclic amines) is 1. The van der Waals surface area contributed by atoms with Gasteiger partial charge in [0.15, 0.2) is 0 Å². The van der Waals surface area contributed by atoms with Crippen LogP contribution in [0.5, 0.6) is 0 Å². The minimum absolute atomic E-state index is 0.263. The molecule has 0 aromatic carbocycles. The monoisotopic (exact) mass is 268 g/mol. The zero-order valence-corrected chi connectivity index (χ0v) is 12.2. The van der Waals surface area contributed by atoms with E-state index >= 15 is 0 Å². The Hall–Kier alpha value is -0.610. The Morgan fingerprint density at radius 2 is 2.26 bits per heavy atom. The summed E-state index contributed by atoms with van der Waals surface area (Å²) in [5.41, 5.74) is 0. The molecule has 1 amide bonds. The van der Waals surface area contributed by atoms with Crippen LogP contribution < -0.4 is 5.32 Å². The van der Waals surface area contributed by atoms with Gasteiger partial charge in [-0.05, 0) is 58.0 Å². The zero-order valence-electron chi connectivity index (χ0n) is 12.2. The molecule has 2 unspecified atom stereocenters. The summed E-state index contributed by atoms with van der Waals surface area (Å²) in [5, 5.41) is 3.42. The molecule has 110 valence electrons. The fraction of sp³-hybridized carbons (Fsp3) is 0.933. The normalized spacial score (nSPS) is 28.4. The molecule has 4 nitrogen and oxygen atoms in total. The van der Waals surface area contributed by atoms with Gasteiger partial charge >= 0.3 is 0 Å². The summed E-state index contributed by atoms with van der Waals surface area (Å²) in [5.74, 6) is 1.03. The van der Waals surface area contributed by atoms with Crippen LogP contribution in [0, 0.1) is 5.92 Å². The molecule has 1 N–H and O–H groups in total. The van der Waals surface area contributed by atoms with Crippen molar-refractivity contribution in [2.24, 2.45) is 5.92 Å². The van der Waals surface area contributed by atoms with E-state index < -0.39 is 0 Å². The van der Waals surface area contributed by atoms with Crippen LogP contribution in [0.4, 0.5) is 0 Å². The van der Waals surface area contributed by atoms with E-state index in [-0.39, 0.29) is 6.10 Å². The van der Waals surface area contributed by atoms with Gasteiger partial charge in [0, 0.05) is 26.1 Å². The van der Waals surface area contributed by atoms with Gasteiger partial charge in [0.25, 0.3) is 0 Å². The Morgan fingerprint density at radius 1 is 1.37 bits per heavy atom. The predicted octanol–water partition coefficient (Wildman–Crippen LogP) is 1.79. The molecule has 0 aliphatic carbocycles. The maximum absolute atomic E-state index is 12.2. The summed E-state index contributed by atoms with van der Waals surface area (Å²) >= 11 is 0. The van der Waals surface area contributed by atoms with Crippen LogP contribution in [0.1, 0.15) is 45.4 Å². The van der Waals surface area contributed by atoms with E-state index in [1.54, 1.807) is 0 Å². The van der Waals surface area contributed by atoms with Crippen molar-refractivity contribution in [1.82, 2.24) is 10.2 Å². The highest BCUT2D eigenvalue weighted by molar-refractivity contribution is 5.76. The molecular formula is C15H28N2O2. The van der Waals surface area contributed by atoms with Gasteiger partial charge < -0.3 is 15.0 Å². The second kappa shape index (κ2) is 7.85. The number of ether oxygens (including phenoxy) is 1. The maximum Gasteiger partial charge on any atom is 0.222 e. The van der Waals surface area contributed by atoms with E-state index in [1.807, 2.05) is 11.8 Å². The molecule has 4 heteroatoms. The predicted molar refractivity (Wildman–Crippen MR) is 76.1 cm³/mol. The van der Waals surface area contributed by atoms with E-state index in [4.69, 9.17) is 4.74 Å². The van der Waals surface area contributed by atoms with Gasteiger partial charge in [-0.15, -0.1) is 0 Å². The zero-order chi connectivity index (χ0) is 13.5. The first-order valence-corrected chi connectivity index (χ1v) is 7.89. The van der Waals surface area contributed by atoms with Gasteiger partial charge in [0.2, 0.25) is 5.91 Å². The molecule has 19 heavy (non-hydrogen) atoms. The van der Waals surface area contributed by atoms with Crippen LogP contribution in [0.15, 0.2) is 0 Å². The first-order valence-electron chi connectivity index (χ1n) is 7.89. The number of carbonyl (C=O) groups is 1. The molecule has 0 aromatic rings. The third kappa shape index (κ3) is 4.77. The summed E-state index contributed by atoms with van der Waals surface area (Å²) in [6, 6.07) is 0. The van der Waals surface area contributed by atoms with E-state index in [0.29, 0.717) is 18.2 Å². The highest BCUT2D eigenvalue weighted by Crippen LogP contribution is 2.19. The van der Waals surface area contributed by atoms with Crippen molar-refractivity contribution in [1.29, 1.82) is 0 Å². The first kappa shape index (κ1) is 14.8. The Bertz CT molecular complexity index is 275. The molecule has 0 bridgehead atoms. The second-order valence-corrected chi connectivity index (χ2v) is 5.81. The molecule has 0 spiro atoms. The van der Waals surface area contributed by atoms with Crippen LogP contribution in [-0.2, 0) is 9.53 Å². The lowest BCUT2D eigenvalue weighted by atomic mass is 9.94. The molecule has 2 atom stereocenters. The summed E-state index contributed by atoms with van der Waals surface area (Å²) in [6.45, 7) is 6.74. The van der Waals surface area contributed by atoms with Crippen molar-refractivity contribution in [3.05, 3.63) is 0 Å². The van der Waals surface area contributed by atoms with E-state index in [9.17, 15) is 4.79 Å². The SMILES string of the molecule is CCOC1CCCN(C(=O)CCC2CCCNC2)C1. The van der Waals surface area contributed by atoms with Crippen molar-refractivity contribution in [2.45, 2.75) is 51.6 Å². The topological polar surface area (TPSA) is 41.6 Å². The second-order valence-electron chi connectivity index (χ2n) is 5.81. The summed E-state index contributed by atoms with van der Waals surface area (Å²) in [4.78, 5) is 14.3. The number of rotatable bonds is 5. The Balaban J connectivity index is 1.69. The first-order chi connectivity index (χ1) is 9.29. The lowest BCUT2D eigenvalue weighted by molar-refractivity contribution is -0.135. The fourth-order valence-electron chi connectivity index (χ4n) is 3.19. The standard InChI is InChI=1S/C15H28N2O2/c1-2-19-14-6-4-10-17(12-14)15(18)8-7-13-5-3-9-16-11-13/h13-14,16H,2-12H2,1H3. The third-order valence-corrected chi connectivity index (χ3v) is 4.30. The number of nitrogens with zero attached hydrogens (tertiary/aromatic N) is 1. The van der Waals surface area contributed by atoms with Gasteiger partial charge in [-0.2, -0.15) is 0 Å². The molecule has 0 saturated carbocycles. The number of nitrogens with one attached hydrogen (secondary N) is 1. The van der Waals surface area contributed by atoms with Crippen molar-refractivity contribution in [3.8, 4) is 0 Å². The molecule has 2 heterocycles. The highest BCUT2D eigenvalue weighted by Gasteiger charge is 2.24. The van der Waals surface area contributed by atoms with Gasteiger partial charge in [0.1, 0.15) is 0 Å². The molecule has 0 radical (unpaired) electrons. The van der Waals surface area contributed by atoms with E-state index in [2.05, 4.69) is 5.32 Å². The van der Waals surface area contributed by atoms with Gasteiger partial charge in [-0.25, -0.2) is 0 Å². The Labute approximate surface area is 116 Å². The van der Waals surface area contributed by atoms with Crippen molar-refractivity contribution < 1.29 is 9.53 Å². The lowest BCUT2D eigenvalue weighted by Gasteiger charge is -2.33. The average Bonchev–Trinajstić information content (AvgIpc) is 2.46. The Morgan fingerprint density at radius 3 is 3.00 bits per heavy atom. The van der Waals surface area contributed by atoms with Gasteiger partial charge in [-0.3, -0.25) is 4.79 Å². The molecule has 2 aliphatic rings. The number of amides is 1. The van der Waals surface area contributed by atoms with Crippen molar-refractivity contribution in [3.63, 3.8) is 0 Å². The molecular weight excluding hydrogens is 240 g/mol. The minimum atomic E-state index is 0.263. The summed E-state index contributed by atoms with van der Waals surface area (Å²) in [7, 11) is 0. The van der Waals surface area contributed by atoms with Crippen LogP contribution in [0.2, 0.25) is 0 Å². The lowest BCUT2D eigenvalue weighted by Crippen LogP contribution is -2.43. The number of piperidine rings is 2. The molecule has 2 fully saturated rings. The Kier molecular flexibility index (Phi) is 6.11. The van der Waals surface area contributed by atoms with Gasteiger partial charge in [-0.1, -0.05) is 0 Å². The smallest absolute Gasteiger partial charge is 0.222 e. The maximum atomic E-state index is 12.2. The van der Waals surface area contributed by atoms with Crippen LogP contribution in [0.25, 0.3) is 0 Å². The fourth-order valence-corrected chi connectivity index (χ4v) is 3.19. The van der Waals surface area contributed by atoms with E-state index in [1.165, 1.54) is 12.8 Å². The molecule has 2 rings (SSSR count). The van der Waals surface area contributed by atoms with Crippen LogP contribution >= 0.6 is 0 Å². The van der Waals surface area contributed by atoms with Crippen molar-refractivity contribution in [2.75, 3.05) is 32.8 Å². The largest absolute Gasteiger partial charge is 0.377 e. The average molecular weight is 268 g/mol. The summed E-state index contributed by atoms with van der Waals surface area (Å²) < 4.78 is 5.65. The molecule has 2 aliphatic heterocycles. The van der Waals surface area contributed by atoms with Crippen LogP contribution in [-0.4, -0.2) is 49.7 Å². The quantitative estimate of drug-likeness (QED) is 0.826. The summed E-state index contributed by atoms with van der Waals surface area (Å²) in [6.07, 6.45) is 6.74. The minimum Gasteiger partial charge on any atom is -0.377 e. The molecule has 2 saturated heterocycles. The van der Waals surface area contributed by atoms with Gasteiger partial charge in [0.05, 0.1) is 6.10 Å². The van der Waals surface area contributed by atoms with E-state index in [0.717, 1.165) is 52.0 Å². The highest BCUT2D eigenvalue weighted by atomic mass is 16.5. The number of carbonyl (C=O) groups excluding carboxylic acids is 1. The molecule has 0 aromatic heterocycles.